The molecule has 3 aliphatic rings. The molecule has 0 amide bonds. The summed E-state index contributed by atoms with van der Waals surface area (Å²) in [5.74, 6) is -4.93. The number of aliphatic hydroxyl groups is 2. The largest absolute Gasteiger partial charge is 0.456 e. The number of hydrogen-bond acceptors (Lipinski definition) is 4. The lowest BCUT2D eigenvalue weighted by Gasteiger charge is -2.60. The first kappa shape index (κ1) is 31.2. The summed E-state index contributed by atoms with van der Waals surface area (Å²) in [4.78, 5) is 0. The second-order valence-electron chi connectivity index (χ2n) is 12.2. The van der Waals surface area contributed by atoms with Gasteiger partial charge in [-0.25, -0.2) is 0 Å². The number of halogens is 5. The predicted molar refractivity (Wildman–Crippen MR) is 140 cm³/mol. The number of hydrogen-bond donors (Lipinski definition) is 4. The molecule has 0 heterocycles. The predicted octanol–water partition coefficient (Wildman–Crippen LogP) is 6.41. The SMILES string of the molecule is C=CC12CCc3cc(NS(=O)(=O)O)ccc3C1[C@@H](CCCCC[C@@H](O)C(F)(F)C(F)(F)F)C[C@@]1(C)C2CC[C@@H]1O. The number of nitrogens with one attached hydrogen (secondary N) is 1. The summed E-state index contributed by atoms with van der Waals surface area (Å²) in [6, 6.07) is 5.18. The van der Waals surface area contributed by atoms with Crippen molar-refractivity contribution in [3.8, 4) is 0 Å². The van der Waals surface area contributed by atoms with Gasteiger partial charge < -0.3 is 10.2 Å². The number of fused-ring (bicyclic) bond motifs is 5. The standard InChI is InChI=1S/C28H38F5NO5S/c1-3-26-14-13-17-15-19(34-40(37,38)39)9-10-20(17)24(26)18(16-25(2)21(26)11-12-22(25)35)7-5-4-6-8-23(36)27(29,30)28(31,32)33/h3,9-10,15,18,21-24,34-36H,1,4-8,11-14,16H2,2H3,(H,37,38,39)/t18-,21?,22-,23+,24?,25-,26?/m0/s1. The van der Waals surface area contributed by atoms with Crippen molar-refractivity contribution in [2.75, 3.05) is 4.72 Å². The minimum Gasteiger partial charge on any atom is -0.393 e. The number of anilines is 1. The van der Waals surface area contributed by atoms with Crippen LogP contribution in [0.5, 0.6) is 0 Å². The molecule has 0 aliphatic heterocycles. The van der Waals surface area contributed by atoms with Crippen LogP contribution in [0.25, 0.3) is 0 Å². The fraction of sp³-hybridized carbons (Fsp3) is 0.714. The average molecular weight is 596 g/mol. The summed E-state index contributed by atoms with van der Waals surface area (Å²) in [7, 11) is -4.44. The summed E-state index contributed by atoms with van der Waals surface area (Å²) >= 11 is 0. The Balaban J connectivity index is 1.56. The van der Waals surface area contributed by atoms with E-state index < -0.39 is 41.0 Å². The first-order valence-electron chi connectivity index (χ1n) is 13.8. The van der Waals surface area contributed by atoms with Gasteiger partial charge in [-0.3, -0.25) is 9.27 Å². The number of unbranched alkanes of at least 4 members (excludes halogenated alkanes) is 2. The molecule has 1 aromatic carbocycles. The number of benzene rings is 1. The quantitative estimate of drug-likeness (QED) is 0.108. The van der Waals surface area contributed by atoms with Gasteiger partial charge in [0.25, 0.3) is 0 Å². The molecule has 226 valence electrons. The molecule has 7 atom stereocenters. The highest BCUT2D eigenvalue weighted by molar-refractivity contribution is 7.87. The Morgan fingerprint density at radius 3 is 2.50 bits per heavy atom. The number of aliphatic hydroxyl groups excluding tert-OH is 2. The molecule has 0 saturated heterocycles. The van der Waals surface area contributed by atoms with Crippen LogP contribution >= 0.6 is 0 Å². The number of aryl methyl sites for hydroxylation is 1. The molecular formula is C28H38F5NO5S. The van der Waals surface area contributed by atoms with Crippen molar-refractivity contribution >= 4 is 16.0 Å². The van der Waals surface area contributed by atoms with Crippen LogP contribution in [0, 0.1) is 22.7 Å². The first-order chi connectivity index (χ1) is 18.5. The van der Waals surface area contributed by atoms with Crippen LogP contribution in [-0.4, -0.2) is 47.5 Å². The van der Waals surface area contributed by atoms with Crippen LogP contribution < -0.4 is 4.72 Å². The zero-order chi connectivity index (χ0) is 29.7. The first-order valence-corrected chi connectivity index (χ1v) is 15.2. The summed E-state index contributed by atoms with van der Waals surface area (Å²) in [6.45, 7) is 6.33. The van der Waals surface area contributed by atoms with Crippen molar-refractivity contribution in [2.24, 2.45) is 22.7 Å². The van der Waals surface area contributed by atoms with Gasteiger partial charge in [-0.15, -0.1) is 6.58 Å². The summed E-state index contributed by atoms with van der Waals surface area (Å²) < 4.78 is 98.4. The van der Waals surface area contributed by atoms with Crippen LogP contribution in [0.3, 0.4) is 0 Å². The third kappa shape index (κ3) is 5.53. The molecular weight excluding hydrogens is 557 g/mol. The molecule has 2 fully saturated rings. The zero-order valence-corrected chi connectivity index (χ0v) is 23.2. The van der Waals surface area contributed by atoms with E-state index in [0.717, 1.165) is 24.0 Å². The van der Waals surface area contributed by atoms with Gasteiger partial charge in [0, 0.05) is 0 Å². The highest BCUT2D eigenvalue weighted by atomic mass is 32.2. The Bertz CT molecular complexity index is 1210. The number of rotatable bonds is 10. The van der Waals surface area contributed by atoms with E-state index in [2.05, 4.69) is 18.2 Å². The van der Waals surface area contributed by atoms with Gasteiger partial charge in [-0.05, 0) is 96.8 Å². The monoisotopic (exact) mass is 595 g/mol. The average Bonchev–Trinajstić information content (AvgIpc) is 3.15. The lowest BCUT2D eigenvalue weighted by molar-refractivity contribution is -0.313. The van der Waals surface area contributed by atoms with Crippen LogP contribution in [0.15, 0.2) is 30.9 Å². The van der Waals surface area contributed by atoms with E-state index in [4.69, 9.17) is 0 Å². The van der Waals surface area contributed by atoms with E-state index in [1.165, 1.54) is 0 Å². The third-order valence-corrected chi connectivity index (χ3v) is 10.5. The van der Waals surface area contributed by atoms with E-state index in [1.54, 1.807) is 12.1 Å². The molecule has 40 heavy (non-hydrogen) atoms. The summed E-state index contributed by atoms with van der Waals surface area (Å²) in [6.07, 6.45) is -2.55. The second kappa shape index (κ2) is 10.8. The Morgan fingerprint density at radius 1 is 1.18 bits per heavy atom. The van der Waals surface area contributed by atoms with Crippen molar-refractivity contribution in [1.29, 1.82) is 0 Å². The molecule has 4 rings (SSSR count). The van der Waals surface area contributed by atoms with E-state index >= 15 is 0 Å². The van der Waals surface area contributed by atoms with Gasteiger partial charge in [0.15, 0.2) is 0 Å². The molecule has 4 N–H and O–H groups in total. The molecule has 0 aromatic heterocycles. The zero-order valence-electron chi connectivity index (χ0n) is 22.4. The normalized spacial score (nSPS) is 33.0. The second-order valence-corrected chi connectivity index (χ2v) is 13.3. The van der Waals surface area contributed by atoms with Gasteiger partial charge in [0.05, 0.1) is 11.8 Å². The van der Waals surface area contributed by atoms with Crippen LogP contribution in [0.4, 0.5) is 27.6 Å². The molecule has 6 nitrogen and oxygen atoms in total. The number of allylic oxidation sites excluding steroid dienone is 1. The maximum absolute atomic E-state index is 13.4. The highest BCUT2D eigenvalue weighted by Crippen LogP contribution is 2.69. The van der Waals surface area contributed by atoms with E-state index in [1.807, 2.05) is 12.1 Å². The molecule has 3 aliphatic carbocycles. The van der Waals surface area contributed by atoms with Crippen LogP contribution in [0.2, 0.25) is 0 Å². The van der Waals surface area contributed by atoms with Crippen molar-refractivity contribution in [1.82, 2.24) is 0 Å². The molecule has 0 spiro atoms. The van der Waals surface area contributed by atoms with Crippen LogP contribution in [0.1, 0.15) is 81.8 Å². The van der Waals surface area contributed by atoms with E-state index in [-0.39, 0.29) is 40.7 Å². The molecule has 12 heteroatoms. The summed E-state index contributed by atoms with van der Waals surface area (Å²) in [5, 5.41) is 20.5. The van der Waals surface area contributed by atoms with Gasteiger partial charge in [0.1, 0.15) is 6.10 Å². The molecule has 0 radical (unpaired) electrons. The van der Waals surface area contributed by atoms with Gasteiger partial charge in [-0.2, -0.15) is 30.4 Å². The smallest absolute Gasteiger partial charge is 0.393 e. The van der Waals surface area contributed by atoms with Crippen molar-refractivity contribution in [3.63, 3.8) is 0 Å². The van der Waals surface area contributed by atoms with Crippen LogP contribution in [-0.2, 0) is 16.7 Å². The van der Waals surface area contributed by atoms with E-state index in [0.29, 0.717) is 38.5 Å². The van der Waals surface area contributed by atoms with Gasteiger partial charge >= 0.3 is 22.4 Å². The third-order valence-electron chi connectivity index (χ3n) is 9.97. The lowest BCUT2D eigenvalue weighted by atomic mass is 9.44. The molecule has 2 saturated carbocycles. The summed E-state index contributed by atoms with van der Waals surface area (Å²) in [5.41, 5.74) is 1.55. The van der Waals surface area contributed by atoms with Crippen molar-refractivity contribution in [2.45, 2.75) is 101 Å². The minimum absolute atomic E-state index is 0.00272. The van der Waals surface area contributed by atoms with E-state index in [9.17, 15) is 45.1 Å². The Morgan fingerprint density at radius 2 is 1.88 bits per heavy atom. The highest BCUT2D eigenvalue weighted by Gasteiger charge is 2.64. The van der Waals surface area contributed by atoms with Crippen molar-refractivity contribution < 1.29 is 45.1 Å². The fourth-order valence-corrected chi connectivity index (χ4v) is 8.63. The lowest BCUT2D eigenvalue weighted by Crippen LogP contribution is -2.54. The van der Waals surface area contributed by atoms with Gasteiger partial charge in [-0.1, -0.05) is 38.3 Å². The Hall–Kier alpha value is -1.76. The molecule has 1 aromatic rings. The number of alkyl halides is 5. The van der Waals surface area contributed by atoms with Gasteiger partial charge in [0.2, 0.25) is 0 Å². The molecule has 3 unspecified atom stereocenters. The topological polar surface area (TPSA) is 107 Å². The minimum atomic E-state index is -5.80. The maximum Gasteiger partial charge on any atom is 0.456 e. The van der Waals surface area contributed by atoms with Crippen molar-refractivity contribution in [3.05, 3.63) is 42.0 Å². The molecule has 0 bridgehead atoms. The maximum atomic E-state index is 13.4. The fourth-order valence-electron chi connectivity index (χ4n) is 8.21. The Labute approximate surface area is 231 Å². The Kier molecular flexibility index (Phi) is 8.43.